The Morgan fingerprint density at radius 1 is 1.08 bits per heavy atom. The van der Waals surface area contributed by atoms with E-state index >= 15 is 0 Å². The minimum atomic E-state index is -0.529. The average molecular weight is 344 g/mol. The van der Waals surface area contributed by atoms with E-state index in [1.165, 1.54) is 0 Å². The first-order chi connectivity index (χ1) is 11.6. The fourth-order valence-electron chi connectivity index (χ4n) is 2.74. The lowest BCUT2D eigenvalue weighted by molar-refractivity contribution is -0.123. The largest absolute Gasteiger partial charge is 0.322 e. The van der Waals surface area contributed by atoms with E-state index in [0.717, 1.165) is 5.69 Å². The molecule has 6 heteroatoms. The molecule has 1 aliphatic rings. The van der Waals surface area contributed by atoms with Gasteiger partial charge in [0.05, 0.1) is 0 Å². The molecule has 0 aliphatic carbocycles. The number of carbonyl (C=O) groups excluding carboxylic acids is 2. The lowest BCUT2D eigenvalue weighted by atomic mass is 10.1. The van der Waals surface area contributed by atoms with Gasteiger partial charge in [-0.25, -0.2) is 4.79 Å². The van der Waals surface area contributed by atoms with E-state index in [1.54, 1.807) is 28.9 Å². The van der Waals surface area contributed by atoms with Crippen molar-refractivity contribution < 1.29 is 9.59 Å². The molecular formula is C18H18ClN3O2. The molecule has 1 aliphatic heterocycles. The lowest BCUT2D eigenvalue weighted by Crippen LogP contribution is -2.58. The van der Waals surface area contributed by atoms with Crippen molar-refractivity contribution in [3.8, 4) is 0 Å². The molecule has 1 heterocycles. The number of hydrogen-bond donors (Lipinski definition) is 1. The van der Waals surface area contributed by atoms with Crippen LogP contribution in [-0.2, 0) is 4.79 Å². The van der Waals surface area contributed by atoms with Crippen molar-refractivity contribution >= 4 is 34.9 Å². The Bertz CT molecular complexity index is 734. The minimum absolute atomic E-state index is 0.105. The Balaban J connectivity index is 1.70. The quantitative estimate of drug-likeness (QED) is 0.905. The number of nitrogens with zero attached hydrogens (tertiary/aromatic N) is 2. The van der Waals surface area contributed by atoms with E-state index in [-0.39, 0.29) is 11.9 Å². The maximum absolute atomic E-state index is 12.6. The summed E-state index contributed by atoms with van der Waals surface area (Å²) in [6.45, 7) is 2.66. The molecule has 1 atom stereocenters. The zero-order chi connectivity index (χ0) is 17.1. The smallest absolute Gasteiger partial charge is 0.311 e. The molecule has 2 aromatic carbocycles. The van der Waals surface area contributed by atoms with Crippen LogP contribution in [0.4, 0.5) is 16.2 Å². The Labute approximate surface area is 145 Å². The summed E-state index contributed by atoms with van der Waals surface area (Å²) in [5, 5.41) is 3.45. The van der Waals surface area contributed by atoms with Gasteiger partial charge in [0.1, 0.15) is 6.04 Å². The van der Waals surface area contributed by atoms with Gasteiger partial charge in [-0.2, -0.15) is 0 Å². The molecule has 24 heavy (non-hydrogen) atoms. The highest BCUT2D eigenvalue weighted by Gasteiger charge is 2.35. The number of nitrogens with one attached hydrogen (secondary N) is 1. The van der Waals surface area contributed by atoms with Crippen LogP contribution in [0.15, 0.2) is 54.6 Å². The lowest BCUT2D eigenvalue weighted by Gasteiger charge is -2.39. The molecule has 1 saturated heterocycles. The molecule has 1 fully saturated rings. The maximum Gasteiger partial charge on any atom is 0.322 e. The van der Waals surface area contributed by atoms with Crippen molar-refractivity contribution in [1.29, 1.82) is 0 Å². The zero-order valence-corrected chi connectivity index (χ0v) is 14.0. The molecule has 1 unspecified atom stereocenters. The first-order valence-electron chi connectivity index (χ1n) is 7.76. The summed E-state index contributed by atoms with van der Waals surface area (Å²) in [5.41, 5.74) is 1.50. The fourth-order valence-corrected chi connectivity index (χ4v) is 2.87. The molecule has 0 radical (unpaired) electrons. The van der Waals surface area contributed by atoms with Crippen molar-refractivity contribution in [3.05, 3.63) is 59.6 Å². The van der Waals surface area contributed by atoms with Crippen molar-refractivity contribution in [3.63, 3.8) is 0 Å². The van der Waals surface area contributed by atoms with Crippen LogP contribution in [0.3, 0.4) is 0 Å². The number of carbonyl (C=O) groups is 2. The summed E-state index contributed by atoms with van der Waals surface area (Å²) in [4.78, 5) is 28.3. The third-order valence-electron chi connectivity index (χ3n) is 4.08. The standard InChI is InChI=1S/C18H18ClN3O2/c1-13-17(23)22(16-9-7-14(19)8-10-16)12-11-21(13)18(24)20-15-5-3-2-4-6-15/h2-10,13H,11-12H2,1H3,(H,20,24). The van der Waals surface area contributed by atoms with Crippen LogP contribution in [0.5, 0.6) is 0 Å². The van der Waals surface area contributed by atoms with Crippen LogP contribution in [0, 0.1) is 0 Å². The van der Waals surface area contributed by atoms with Crippen LogP contribution < -0.4 is 10.2 Å². The first kappa shape index (κ1) is 16.3. The summed E-state index contributed by atoms with van der Waals surface area (Å²) < 4.78 is 0. The highest BCUT2D eigenvalue weighted by molar-refractivity contribution is 6.30. The van der Waals surface area contributed by atoms with E-state index in [4.69, 9.17) is 11.6 Å². The molecule has 0 spiro atoms. The second-order valence-electron chi connectivity index (χ2n) is 5.63. The Morgan fingerprint density at radius 3 is 2.42 bits per heavy atom. The molecule has 0 aromatic heterocycles. The summed E-state index contributed by atoms with van der Waals surface area (Å²) in [6.07, 6.45) is 0. The van der Waals surface area contributed by atoms with Crippen LogP contribution in [-0.4, -0.2) is 36.0 Å². The van der Waals surface area contributed by atoms with E-state index in [0.29, 0.717) is 23.8 Å². The van der Waals surface area contributed by atoms with E-state index < -0.39 is 6.04 Å². The summed E-state index contributed by atoms with van der Waals surface area (Å²) in [7, 11) is 0. The zero-order valence-electron chi connectivity index (χ0n) is 13.3. The molecule has 0 bridgehead atoms. The number of anilines is 2. The molecular weight excluding hydrogens is 326 g/mol. The predicted octanol–water partition coefficient (Wildman–Crippen LogP) is 3.61. The molecule has 124 valence electrons. The van der Waals surface area contributed by atoms with Crippen molar-refractivity contribution in [2.45, 2.75) is 13.0 Å². The first-order valence-corrected chi connectivity index (χ1v) is 8.13. The van der Waals surface area contributed by atoms with Crippen LogP contribution in [0.1, 0.15) is 6.92 Å². The Morgan fingerprint density at radius 2 is 1.75 bits per heavy atom. The topological polar surface area (TPSA) is 52.7 Å². The van der Waals surface area contributed by atoms with Gasteiger partial charge in [-0.05, 0) is 43.3 Å². The van der Waals surface area contributed by atoms with E-state index in [2.05, 4.69) is 5.32 Å². The Kier molecular flexibility index (Phi) is 4.71. The summed E-state index contributed by atoms with van der Waals surface area (Å²) in [6, 6.07) is 15.5. The minimum Gasteiger partial charge on any atom is -0.311 e. The number of urea groups is 1. The molecule has 2 aromatic rings. The summed E-state index contributed by atoms with van der Waals surface area (Å²) in [5.74, 6) is -0.105. The second-order valence-corrected chi connectivity index (χ2v) is 6.07. The molecule has 0 saturated carbocycles. The second kappa shape index (κ2) is 6.93. The number of hydrogen-bond acceptors (Lipinski definition) is 2. The van der Waals surface area contributed by atoms with Gasteiger partial charge in [0.15, 0.2) is 0 Å². The van der Waals surface area contributed by atoms with Crippen molar-refractivity contribution in [2.24, 2.45) is 0 Å². The summed E-state index contributed by atoms with van der Waals surface area (Å²) >= 11 is 5.89. The van der Waals surface area contributed by atoms with Gasteiger partial charge in [-0.15, -0.1) is 0 Å². The van der Waals surface area contributed by atoms with Crippen molar-refractivity contribution in [1.82, 2.24) is 4.90 Å². The maximum atomic E-state index is 12.6. The van der Waals surface area contributed by atoms with Gasteiger partial charge in [0.25, 0.3) is 0 Å². The van der Waals surface area contributed by atoms with E-state index in [9.17, 15) is 9.59 Å². The number of rotatable bonds is 2. The SMILES string of the molecule is CC1C(=O)N(c2ccc(Cl)cc2)CCN1C(=O)Nc1ccccc1. The van der Waals surface area contributed by atoms with Gasteiger partial charge in [0.2, 0.25) is 5.91 Å². The average Bonchev–Trinajstić information content (AvgIpc) is 2.59. The molecule has 3 amide bonds. The number of benzene rings is 2. The molecule has 1 N–H and O–H groups in total. The third kappa shape index (κ3) is 3.36. The number of halogens is 1. The van der Waals surface area contributed by atoms with Gasteiger partial charge in [-0.3, -0.25) is 4.79 Å². The fraction of sp³-hybridized carbons (Fsp3) is 0.222. The molecule has 3 rings (SSSR count). The molecule has 5 nitrogen and oxygen atoms in total. The number of para-hydroxylation sites is 1. The highest BCUT2D eigenvalue weighted by Crippen LogP contribution is 2.23. The van der Waals surface area contributed by atoms with Crippen molar-refractivity contribution in [2.75, 3.05) is 23.3 Å². The highest BCUT2D eigenvalue weighted by atomic mass is 35.5. The monoisotopic (exact) mass is 343 g/mol. The van der Waals surface area contributed by atoms with Gasteiger partial charge < -0.3 is 15.1 Å². The predicted molar refractivity (Wildman–Crippen MR) is 95.4 cm³/mol. The van der Waals surface area contributed by atoms with Gasteiger partial charge >= 0.3 is 6.03 Å². The van der Waals surface area contributed by atoms with Crippen LogP contribution in [0.25, 0.3) is 0 Å². The van der Waals surface area contributed by atoms with Crippen LogP contribution >= 0.6 is 11.6 Å². The number of amides is 3. The van der Waals surface area contributed by atoms with Crippen LogP contribution in [0.2, 0.25) is 5.02 Å². The third-order valence-corrected chi connectivity index (χ3v) is 4.33. The van der Waals surface area contributed by atoms with Gasteiger partial charge in [0, 0.05) is 29.5 Å². The van der Waals surface area contributed by atoms with Gasteiger partial charge in [-0.1, -0.05) is 29.8 Å². The number of piperazine rings is 1. The van der Waals surface area contributed by atoms with E-state index in [1.807, 2.05) is 42.5 Å². The normalized spacial score (nSPS) is 17.8. The Hall–Kier alpha value is -2.53.